The smallest absolute Gasteiger partial charge is 0.326 e. The van der Waals surface area contributed by atoms with E-state index in [1.165, 1.54) is 11.8 Å². The zero-order valence-corrected chi connectivity index (χ0v) is 12.8. The van der Waals surface area contributed by atoms with Crippen molar-refractivity contribution in [3.63, 3.8) is 0 Å². The second kappa shape index (κ2) is 9.46. The van der Waals surface area contributed by atoms with Crippen molar-refractivity contribution in [3.05, 3.63) is 0 Å². The fraction of sp³-hybridized carbons (Fsp3) is 0.750. The van der Waals surface area contributed by atoms with Crippen molar-refractivity contribution < 1.29 is 19.5 Å². The topological polar surface area (TPSA) is 122 Å². The Morgan fingerprint density at radius 3 is 2.20 bits per heavy atom. The van der Waals surface area contributed by atoms with E-state index in [1.54, 1.807) is 0 Å². The molecular formula is C12H23N3O4S. The minimum absolute atomic E-state index is 0.130. The molecule has 7 nitrogen and oxygen atoms in total. The second-order valence-corrected chi connectivity index (χ2v) is 5.86. The average molecular weight is 305 g/mol. The van der Waals surface area contributed by atoms with Crippen LogP contribution < -0.4 is 16.4 Å². The van der Waals surface area contributed by atoms with Crippen molar-refractivity contribution in [2.45, 2.75) is 38.8 Å². The molecule has 0 aliphatic carbocycles. The molecule has 0 aromatic rings. The van der Waals surface area contributed by atoms with E-state index in [1.807, 2.05) is 20.1 Å². The molecule has 2 atom stereocenters. The van der Waals surface area contributed by atoms with Gasteiger partial charge in [0.05, 0.1) is 0 Å². The number of nitrogens with two attached hydrogens (primary N) is 1. The van der Waals surface area contributed by atoms with E-state index in [4.69, 9.17) is 10.8 Å². The lowest BCUT2D eigenvalue weighted by Crippen LogP contribution is -2.53. The van der Waals surface area contributed by atoms with Crippen molar-refractivity contribution in [1.82, 2.24) is 10.6 Å². The summed E-state index contributed by atoms with van der Waals surface area (Å²) in [5.74, 6) is -0.828. The van der Waals surface area contributed by atoms with Crippen LogP contribution in [0.3, 0.4) is 0 Å². The molecule has 0 heterocycles. The molecule has 8 heteroatoms. The quantitative estimate of drug-likeness (QED) is 0.491. The number of primary amides is 1. The summed E-state index contributed by atoms with van der Waals surface area (Å²) in [4.78, 5) is 34.0. The first kappa shape index (κ1) is 18.6. The molecule has 3 amide bonds. The molecule has 0 rings (SSSR count). The molecule has 5 N–H and O–H groups in total. The third kappa shape index (κ3) is 7.88. The van der Waals surface area contributed by atoms with Gasteiger partial charge in [0.25, 0.3) is 0 Å². The predicted molar refractivity (Wildman–Crippen MR) is 78.5 cm³/mol. The van der Waals surface area contributed by atoms with Gasteiger partial charge in [-0.1, -0.05) is 13.8 Å². The summed E-state index contributed by atoms with van der Waals surface area (Å²) < 4.78 is 0. The van der Waals surface area contributed by atoms with Gasteiger partial charge in [-0.25, -0.2) is 9.59 Å². The second-order valence-electron chi connectivity index (χ2n) is 4.87. The van der Waals surface area contributed by atoms with Gasteiger partial charge in [-0.3, -0.25) is 4.79 Å². The summed E-state index contributed by atoms with van der Waals surface area (Å²) in [7, 11) is 0. The minimum atomic E-state index is -1.09. The van der Waals surface area contributed by atoms with Crippen LogP contribution in [0.2, 0.25) is 0 Å². The maximum atomic E-state index is 12.0. The monoisotopic (exact) mass is 305 g/mol. The van der Waals surface area contributed by atoms with E-state index in [0.29, 0.717) is 18.6 Å². The lowest BCUT2D eigenvalue weighted by atomic mass is 10.0. The van der Waals surface area contributed by atoms with Gasteiger partial charge in [-0.2, -0.15) is 11.8 Å². The van der Waals surface area contributed by atoms with E-state index < -0.39 is 30.0 Å². The Morgan fingerprint density at radius 1 is 1.20 bits per heavy atom. The van der Waals surface area contributed by atoms with Crippen LogP contribution in [0.15, 0.2) is 0 Å². The zero-order chi connectivity index (χ0) is 15.7. The molecule has 0 aliphatic heterocycles. The number of rotatable bonds is 9. The summed E-state index contributed by atoms with van der Waals surface area (Å²) in [6.45, 7) is 3.74. The van der Waals surface area contributed by atoms with Crippen molar-refractivity contribution in [2.75, 3.05) is 12.0 Å². The first-order chi connectivity index (χ1) is 9.27. The maximum Gasteiger partial charge on any atom is 0.326 e. The number of aliphatic carboxylic acids is 1. The van der Waals surface area contributed by atoms with Crippen LogP contribution in [0.4, 0.5) is 4.79 Å². The van der Waals surface area contributed by atoms with Crippen LogP contribution in [0, 0.1) is 5.92 Å². The summed E-state index contributed by atoms with van der Waals surface area (Å²) >= 11 is 1.52. The summed E-state index contributed by atoms with van der Waals surface area (Å²) in [5.41, 5.74) is 5.02. The Kier molecular flexibility index (Phi) is 8.78. The highest BCUT2D eigenvalue weighted by Gasteiger charge is 2.26. The molecule has 20 heavy (non-hydrogen) atoms. The fourth-order valence-electron chi connectivity index (χ4n) is 1.64. The van der Waals surface area contributed by atoms with Gasteiger partial charge < -0.3 is 21.5 Å². The van der Waals surface area contributed by atoms with Gasteiger partial charge in [-0.15, -0.1) is 0 Å². The third-order valence-corrected chi connectivity index (χ3v) is 3.21. The number of amides is 3. The first-order valence-electron chi connectivity index (χ1n) is 6.36. The number of carbonyl (C=O) groups is 3. The molecule has 0 saturated heterocycles. The van der Waals surface area contributed by atoms with E-state index in [0.717, 1.165) is 0 Å². The first-order valence-corrected chi connectivity index (χ1v) is 7.75. The zero-order valence-electron chi connectivity index (χ0n) is 12.0. The highest BCUT2D eigenvalue weighted by atomic mass is 32.2. The van der Waals surface area contributed by atoms with Gasteiger partial charge in [0.2, 0.25) is 5.91 Å². The molecule has 0 aromatic heterocycles. The molecule has 116 valence electrons. The summed E-state index contributed by atoms with van der Waals surface area (Å²) in [6.07, 6.45) is 2.59. The number of hydrogen-bond acceptors (Lipinski definition) is 4. The Labute approximate surface area is 123 Å². The minimum Gasteiger partial charge on any atom is -0.480 e. The Morgan fingerprint density at radius 2 is 1.80 bits per heavy atom. The molecular weight excluding hydrogens is 282 g/mol. The van der Waals surface area contributed by atoms with Gasteiger partial charge >= 0.3 is 12.0 Å². The summed E-state index contributed by atoms with van der Waals surface area (Å²) in [6, 6.07) is -2.58. The van der Waals surface area contributed by atoms with Crippen molar-refractivity contribution in [1.29, 1.82) is 0 Å². The van der Waals surface area contributed by atoms with Gasteiger partial charge in [0.1, 0.15) is 12.1 Å². The maximum absolute atomic E-state index is 12.0. The SMILES string of the molecule is CSCCC(NC(N)=O)C(=O)N[C@@H](CC(C)C)C(=O)O. The lowest BCUT2D eigenvalue weighted by molar-refractivity contribution is -0.142. The molecule has 0 aliphatic rings. The van der Waals surface area contributed by atoms with Crippen molar-refractivity contribution in [2.24, 2.45) is 11.7 Å². The lowest BCUT2D eigenvalue weighted by Gasteiger charge is -2.21. The van der Waals surface area contributed by atoms with Crippen molar-refractivity contribution >= 4 is 29.7 Å². The van der Waals surface area contributed by atoms with Gasteiger partial charge in [-0.05, 0) is 30.8 Å². The van der Waals surface area contributed by atoms with Gasteiger partial charge in [0.15, 0.2) is 0 Å². The number of thioether (sulfide) groups is 1. The Hall–Kier alpha value is -1.44. The van der Waals surface area contributed by atoms with E-state index >= 15 is 0 Å². The van der Waals surface area contributed by atoms with Crippen LogP contribution >= 0.6 is 11.8 Å². The molecule has 0 bridgehead atoms. The molecule has 1 unspecified atom stereocenters. The molecule has 0 saturated carbocycles. The molecule has 0 aromatic carbocycles. The number of carboxylic acid groups (broad SMARTS) is 1. The largest absolute Gasteiger partial charge is 0.480 e. The van der Waals surface area contributed by atoms with Crippen molar-refractivity contribution in [3.8, 4) is 0 Å². The number of urea groups is 1. The highest BCUT2D eigenvalue weighted by Crippen LogP contribution is 2.07. The molecule has 0 spiro atoms. The van der Waals surface area contributed by atoms with Crippen LogP contribution in [-0.2, 0) is 9.59 Å². The highest BCUT2D eigenvalue weighted by molar-refractivity contribution is 7.98. The van der Waals surface area contributed by atoms with E-state index in [2.05, 4.69) is 10.6 Å². The summed E-state index contributed by atoms with van der Waals surface area (Å²) in [5, 5.41) is 13.9. The van der Waals surface area contributed by atoms with Crippen LogP contribution in [0.1, 0.15) is 26.7 Å². The van der Waals surface area contributed by atoms with Crippen LogP contribution in [0.25, 0.3) is 0 Å². The fourth-order valence-corrected chi connectivity index (χ4v) is 2.11. The molecule has 0 radical (unpaired) electrons. The Balaban J connectivity index is 4.68. The number of carboxylic acids is 1. The van der Waals surface area contributed by atoms with E-state index in [9.17, 15) is 14.4 Å². The Bertz CT molecular complexity index is 350. The van der Waals surface area contributed by atoms with Gasteiger partial charge in [0, 0.05) is 0 Å². The average Bonchev–Trinajstić information content (AvgIpc) is 2.32. The number of hydrogen-bond donors (Lipinski definition) is 4. The number of carbonyl (C=O) groups excluding carboxylic acids is 2. The van der Waals surface area contributed by atoms with Crippen LogP contribution in [-0.4, -0.2) is 47.1 Å². The third-order valence-electron chi connectivity index (χ3n) is 2.57. The number of nitrogens with one attached hydrogen (secondary N) is 2. The normalized spacial score (nSPS) is 13.6. The standard InChI is InChI=1S/C12H23N3O4S/c1-7(2)6-9(11(17)18)14-10(16)8(4-5-20-3)15-12(13)19/h7-9H,4-6H2,1-3H3,(H,14,16)(H,17,18)(H3,13,15,19)/t8?,9-/m0/s1. The molecule has 0 fully saturated rings. The van der Waals surface area contributed by atoms with Crippen LogP contribution in [0.5, 0.6) is 0 Å². The predicted octanol–water partition coefficient (Wildman–Crippen LogP) is 0.392. The van der Waals surface area contributed by atoms with E-state index in [-0.39, 0.29) is 5.92 Å².